The van der Waals surface area contributed by atoms with Gasteiger partial charge in [-0.15, -0.1) is 0 Å². The van der Waals surface area contributed by atoms with Crippen molar-refractivity contribution in [2.45, 2.75) is 45.9 Å². The zero-order chi connectivity index (χ0) is 14.8. The number of hydrogen-bond acceptors (Lipinski definition) is 4. The van der Waals surface area contributed by atoms with E-state index in [1.165, 1.54) is 0 Å². The maximum Gasteiger partial charge on any atom is 0.164 e. The number of aromatic nitrogens is 3. The van der Waals surface area contributed by atoms with E-state index >= 15 is 0 Å². The van der Waals surface area contributed by atoms with Gasteiger partial charge in [-0.1, -0.05) is 26.0 Å². The highest BCUT2D eigenvalue weighted by atomic mass is 16.5. The molecule has 0 saturated carbocycles. The van der Waals surface area contributed by atoms with Crippen molar-refractivity contribution in [1.82, 2.24) is 14.8 Å². The minimum absolute atomic E-state index is 0.354. The molecule has 0 fully saturated rings. The van der Waals surface area contributed by atoms with Crippen LogP contribution in [0.2, 0.25) is 0 Å². The van der Waals surface area contributed by atoms with Crippen LogP contribution >= 0.6 is 0 Å². The van der Waals surface area contributed by atoms with Crippen LogP contribution in [0.1, 0.15) is 43.3 Å². The Morgan fingerprint density at radius 3 is 3.10 bits per heavy atom. The van der Waals surface area contributed by atoms with Crippen LogP contribution in [-0.4, -0.2) is 19.9 Å². The molecule has 1 heterocycles. The molecule has 1 atom stereocenters. The van der Waals surface area contributed by atoms with E-state index in [0.717, 1.165) is 42.1 Å². The van der Waals surface area contributed by atoms with Crippen LogP contribution in [-0.2, 0) is 19.6 Å². The van der Waals surface area contributed by atoms with Gasteiger partial charge in [-0.3, -0.25) is 0 Å². The van der Waals surface area contributed by atoms with Gasteiger partial charge in [0.1, 0.15) is 18.7 Å². The van der Waals surface area contributed by atoms with Gasteiger partial charge in [-0.2, -0.15) is 5.10 Å². The largest absolute Gasteiger partial charge is 0.485 e. The fourth-order valence-electron chi connectivity index (χ4n) is 2.77. The van der Waals surface area contributed by atoms with Gasteiger partial charge in [0.05, 0.1) is 6.10 Å². The van der Waals surface area contributed by atoms with Crippen LogP contribution in [0.3, 0.4) is 0 Å². The maximum atomic E-state index is 9.92. The summed E-state index contributed by atoms with van der Waals surface area (Å²) in [6, 6.07) is 5.86. The van der Waals surface area contributed by atoms with E-state index < -0.39 is 0 Å². The lowest BCUT2D eigenvalue weighted by Gasteiger charge is -2.12. The highest BCUT2D eigenvalue weighted by Crippen LogP contribution is 2.36. The Balaban J connectivity index is 1.73. The second-order valence-corrected chi connectivity index (χ2v) is 5.92. The summed E-state index contributed by atoms with van der Waals surface area (Å²) in [4.78, 5) is 4.27. The Hall–Kier alpha value is -1.88. The highest BCUT2D eigenvalue weighted by Gasteiger charge is 2.23. The molecule has 0 bridgehead atoms. The van der Waals surface area contributed by atoms with Crippen molar-refractivity contribution in [2.75, 3.05) is 0 Å². The number of aliphatic hydroxyl groups excluding tert-OH is 1. The lowest BCUT2D eigenvalue weighted by Crippen LogP contribution is -2.12. The maximum absolute atomic E-state index is 9.92. The molecule has 1 aliphatic rings. The van der Waals surface area contributed by atoms with Gasteiger partial charge in [-0.25, -0.2) is 9.67 Å². The summed E-state index contributed by atoms with van der Waals surface area (Å²) in [7, 11) is 0. The topological polar surface area (TPSA) is 60.2 Å². The third-order valence-electron chi connectivity index (χ3n) is 3.79. The van der Waals surface area contributed by atoms with Crippen LogP contribution in [0, 0.1) is 5.92 Å². The Kier molecular flexibility index (Phi) is 3.92. The zero-order valence-corrected chi connectivity index (χ0v) is 12.5. The zero-order valence-electron chi connectivity index (χ0n) is 12.5. The van der Waals surface area contributed by atoms with Gasteiger partial charge in [-0.05, 0) is 30.4 Å². The molecule has 0 radical (unpaired) electrons. The molecule has 0 spiro atoms. The molecule has 112 valence electrons. The Bertz CT molecular complexity index is 622. The second kappa shape index (κ2) is 5.85. The summed E-state index contributed by atoms with van der Waals surface area (Å²) in [6.07, 6.45) is 2.86. The fourth-order valence-corrected chi connectivity index (χ4v) is 2.77. The first-order chi connectivity index (χ1) is 10.1. The molecule has 1 aromatic carbocycles. The standard InChI is InChI=1S/C16H21N3O2/c1-11(2)8-19-16(17-10-18-19)9-21-15-5-3-4-12-13(15)6-7-14(12)20/h3-5,10-11,14,20H,6-9H2,1-2H3. The lowest BCUT2D eigenvalue weighted by atomic mass is 10.1. The quantitative estimate of drug-likeness (QED) is 0.918. The molecule has 21 heavy (non-hydrogen) atoms. The molecule has 0 aliphatic heterocycles. The number of fused-ring (bicyclic) bond motifs is 1. The van der Waals surface area contributed by atoms with Crippen LogP contribution in [0.25, 0.3) is 0 Å². The van der Waals surface area contributed by atoms with Crippen molar-refractivity contribution >= 4 is 0 Å². The molecule has 1 unspecified atom stereocenters. The molecule has 2 aromatic rings. The average Bonchev–Trinajstić information content (AvgIpc) is 3.04. The van der Waals surface area contributed by atoms with Crippen LogP contribution in [0.5, 0.6) is 5.75 Å². The van der Waals surface area contributed by atoms with Gasteiger partial charge in [0.15, 0.2) is 5.82 Å². The van der Waals surface area contributed by atoms with Crippen molar-refractivity contribution in [3.05, 3.63) is 41.5 Å². The predicted octanol–water partition coefficient (Wildman–Crippen LogP) is 2.49. The van der Waals surface area contributed by atoms with Crippen LogP contribution in [0.4, 0.5) is 0 Å². The Morgan fingerprint density at radius 2 is 2.29 bits per heavy atom. The van der Waals surface area contributed by atoms with Gasteiger partial charge >= 0.3 is 0 Å². The summed E-state index contributed by atoms with van der Waals surface area (Å²) >= 11 is 0. The lowest BCUT2D eigenvalue weighted by molar-refractivity contribution is 0.180. The number of ether oxygens (including phenoxy) is 1. The first-order valence-corrected chi connectivity index (χ1v) is 7.44. The molecule has 0 saturated heterocycles. The van der Waals surface area contributed by atoms with Crippen LogP contribution < -0.4 is 4.74 Å². The summed E-state index contributed by atoms with van der Waals surface area (Å²) in [6.45, 7) is 5.54. The molecule has 0 amide bonds. The van der Waals surface area contributed by atoms with Gasteiger partial charge in [0, 0.05) is 12.1 Å². The van der Waals surface area contributed by atoms with E-state index in [4.69, 9.17) is 4.74 Å². The first-order valence-electron chi connectivity index (χ1n) is 7.44. The molecule has 5 heteroatoms. The van der Waals surface area contributed by atoms with Gasteiger partial charge < -0.3 is 9.84 Å². The Labute approximate surface area is 124 Å². The molecule has 1 N–H and O–H groups in total. The second-order valence-electron chi connectivity index (χ2n) is 5.92. The SMILES string of the molecule is CC(C)Cn1ncnc1COc1cccc2c1CCC2O. The fraction of sp³-hybridized carbons (Fsp3) is 0.500. The molecule has 3 rings (SSSR count). The third-order valence-corrected chi connectivity index (χ3v) is 3.79. The summed E-state index contributed by atoms with van der Waals surface area (Å²) in [5.41, 5.74) is 2.12. The number of aliphatic hydroxyl groups is 1. The summed E-state index contributed by atoms with van der Waals surface area (Å²) in [5, 5.41) is 14.2. The van der Waals surface area contributed by atoms with Crippen molar-refractivity contribution in [1.29, 1.82) is 0 Å². The van der Waals surface area contributed by atoms with Crippen molar-refractivity contribution in [3.8, 4) is 5.75 Å². The Morgan fingerprint density at radius 1 is 1.43 bits per heavy atom. The molecule has 1 aliphatic carbocycles. The van der Waals surface area contributed by atoms with Crippen molar-refractivity contribution in [3.63, 3.8) is 0 Å². The molecule has 5 nitrogen and oxygen atoms in total. The monoisotopic (exact) mass is 287 g/mol. The number of benzene rings is 1. The van der Waals surface area contributed by atoms with E-state index in [2.05, 4.69) is 23.9 Å². The first kappa shape index (κ1) is 14.1. The summed E-state index contributed by atoms with van der Waals surface area (Å²) in [5.74, 6) is 2.20. The normalized spacial score (nSPS) is 17.2. The smallest absolute Gasteiger partial charge is 0.164 e. The minimum atomic E-state index is -0.354. The number of nitrogens with zero attached hydrogens (tertiary/aromatic N) is 3. The van der Waals surface area contributed by atoms with E-state index in [0.29, 0.717) is 12.5 Å². The van der Waals surface area contributed by atoms with Gasteiger partial charge in [0.25, 0.3) is 0 Å². The molecular formula is C16H21N3O2. The minimum Gasteiger partial charge on any atom is -0.485 e. The molecule has 1 aromatic heterocycles. The van der Waals surface area contributed by atoms with Crippen molar-refractivity contribution in [2.24, 2.45) is 5.92 Å². The van der Waals surface area contributed by atoms with Gasteiger partial charge in [0.2, 0.25) is 0 Å². The highest BCUT2D eigenvalue weighted by molar-refractivity contribution is 5.44. The average molecular weight is 287 g/mol. The number of hydrogen-bond donors (Lipinski definition) is 1. The van der Waals surface area contributed by atoms with E-state index in [1.54, 1.807) is 6.33 Å². The van der Waals surface area contributed by atoms with Crippen molar-refractivity contribution < 1.29 is 9.84 Å². The summed E-state index contributed by atoms with van der Waals surface area (Å²) < 4.78 is 7.82. The van der Waals surface area contributed by atoms with E-state index in [-0.39, 0.29) is 6.10 Å². The van der Waals surface area contributed by atoms with Crippen LogP contribution in [0.15, 0.2) is 24.5 Å². The van der Waals surface area contributed by atoms with E-state index in [1.807, 2.05) is 22.9 Å². The third kappa shape index (κ3) is 2.93. The molecular weight excluding hydrogens is 266 g/mol. The number of rotatable bonds is 5. The van der Waals surface area contributed by atoms with E-state index in [9.17, 15) is 5.11 Å². The predicted molar refractivity (Wildman–Crippen MR) is 78.9 cm³/mol.